The molecule has 2 N–H and O–H groups in total. The topological polar surface area (TPSA) is 77.8 Å². The Labute approximate surface area is 93.7 Å². The highest BCUT2D eigenvalue weighted by Gasteiger charge is 2.16. The summed E-state index contributed by atoms with van der Waals surface area (Å²) < 4.78 is 5.20. The lowest BCUT2D eigenvalue weighted by Gasteiger charge is -2.04. The van der Waals surface area contributed by atoms with E-state index in [-0.39, 0.29) is 5.92 Å². The molecular weight excluding hydrogens is 204 g/mol. The minimum absolute atomic E-state index is 0.142. The average Bonchev–Trinajstić information content (AvgIpc) is 2.81. The van der Waals surface area contributed by atoms with Crippen LogP contribution in [0.3, 0.4) is 0 Å². The standard InChI is InChI=1S/C11H14N4O/c1-2-8(7-12)11-14-10(15-16-11)9-3-5-13-6-4-9/h3-6,8H,2,7,12H2,1H3. The predicted octanol–water partition coefficient (Wildman–Crippen LogP) is 1.58. The molecule has 0 saturated carbocycles. The lowest BCUT2D eigenvalue weighted by molar-refractivity contribution is 0.351. The third kappa shape index (κ3) is 2.09. The van der Waals surface area contributed by atoms with Crippen molar-refractivity contribution in [3.63, 3.8) is 0 Å². The van der Waals surface area contributed by atoms with Crippen molar-refractivity contribution >= 4 is 0 Å². The van der Waals surface area contributed by atoms with Gasteiger partial charge in [-0.15, -0.1) is 0 Å². The van der Waals surface area contributed by atoms with Crippen LogP contribution in [-0.2, 0) is 0 Å². The van der Waals surface area contributed by atoms with E-state index >= 15 is 0 Å². The quantitative estimate of drug-likeness (QED) is 0.843. The van der Waals surface area contributed by atoms with Gasteiger partial charge in [-0.2, -0.15) is 4.98 Å². The zero-order valence-corrected chi connectivity index (χ0v) is 9.13. The molecule has 0 aliphatic carbocycles. The number of hydrogen-bond donors (Lipinski definition) is 1. The molecule has 2 heterocycles. The van der Waals surface area contributed by atoms with Crippen LogP contribution in [0.1, 0.15) is 25.2 Å². The Bertz CT molecular complexity index is 436. The Morgan fingerprint density at radius 3 is 2.75 bits per heavy atom. The lowest BCUT2D eigenvalue weighted by atomic mass is 10.1. The van der Waals surface area contributed by atoms with Crippen LogP contribution in [0.4, 0.5) is 0 Å². The summed E-state index contributed by atoms with van der Waals surface area (Å²) in [5.74, 6) is 1.34. The van der Waals surface area contributed by atoms with Gasteiger partial charge in [0, 0.05) is 24.5 Å². The number of nitrogens with two attached hydrogens (primary N) is 1. The maximum absolute atomic E-state index is 5.63. The highest BCUT2D eigenvalue weighted by atomic mass is 16.5. The van der Waals surface area contributed by atoms with E-state index in [1.807, 2.05) is 19.1 Å². The van der Waals surface area contributed by atoms with Gasteiger partial charge in [-0.25, -0.2) is 0 Å². The van der Waals surface area contributed by atoms with E-state index in [0.29, 0.717) is 18.3 Å². The van der Waals surface area contributed by atoms with E-state index in [1.54, 1.807) is 12.4 Å². The molecule has 1 atom stereocenters. The predicted molar refractivity (Wildman–Crippen MR) is 59.6 cm³/mol. The van der Waals surface area contributed by atoms with Crippen molar-refractivity contribution in [1.82, 2.24) is 15.1 Å². The summed E-state index contributed by atoms with van der Waals surface area (Å²) in [6.45, 7) is 2.57. The molecule has 0 aromatic carbocycles. The lowest BCUT2D eigenvalue weighted by Crippen LogP contribution is -2.11. The van der Waals surface area contributed by atoms with Crippen LogP contribution >= 0.6 is 0 Å². The first-order valence-corrected chi connectivity index (χ1v) is 5.29. The summed E-state index contributed by atoms with van der Waals surface area (Å²) in [6.07, 6.45) is 4.30. The summed E-state index contributed by atoms with van der Waals surface area (Å²) in [6, 6.07) is 3.69. The minimum atomic E-state index is 0.142. The number of pyridine rings is 1. The summed E-state index contributed by atoms with van der Waals surface area (Å²) in [7, 11) is 0. The van der Waals surface area contributed by atoms with E-state index in [4.69, 9.17) is 10.3 Å². The maximum Gasteiger partial charge on any atom is 0.231 e. The molecule has 0 radical (unpaired) electrons. The fourth-order valence-corrected chi connectivity index (χ4v) is 1.46. The second-order valence-electron chi connectivity index (χ2n) is 3.53. The first-order chi connectivity index (χ1) is 7.85. The zero-order valence-electron chi connectivity index (χ0n) is 9.13. The number of hydrogen-bond acceptors (Lipinski definition) is 5. The third-order valence-electron chi connectivity index (χ3n) is 2.51. The molecule has 0 bridgehead atoms. The van der Waals surface area contributed by atoms with E-state index in [9.17, 15) is 0 Å². The van der Waals surface area contributed by atoms with Crippen LogP contribution in [0.25, 0.3) is 11.4 Å². The van der Waals surface area contributed by atoms with E-state index in [0.717, 1.165) is 12.0 Å². The van der Waals surface area contributed by atoms with Crippen LogP contribution in [0.5, 0.6) is 0 Å². The molecule has 2 aromatic rings. The van der Waals surface area contributed by atoms with Crippen molar-refractivity contribution in [2.24, 2.45) is 5.73 Å². The first-order valence-electron chi connectivity index (χ1n) is 5.29. The number of aromatic nitrogens is 3. The average molecular weight is 218 g/mol. The largest absolute Gasteiger partial charge is 0.339 e. The highest BCUT2D eigenvalue weighted by Crippen LogP contribution is 2.20. The van der Waals surface area contributed by atoms with Gasteiger partial charge in [0.2, 0.25) is 11.7 Å². The molecule has 1 unspecified atom stereocenters. The van der Waals surface area contributed by atoms with Crippen LogP contribution in [-0.4, -0.2) is 21.7 Å². The molecule has 5 nitrogen and oxygen atoms in total. The molecule has 0 fully saturated rings. The smallest absolute Gasteiger partial charge is 0.231 e. The van der Waals surface area contributed by atoms with Gasteiger partial charge in [-0.3, -0.25) is 4.98 Å². The Morgan fingerprint density at radius 1 is 1.38 bits per heavy atom. The van der Waals surface area contributed by atoms with Crippen molar-refractivity contribution in [2.75, 3.05) is 6.54 Å². The van der Waals surface area contributed by atoms with Gasteiger partial charge in [0.05, 0.1) is 5.92 Å². The Kier molecular flexibility index (Phi) is 3.26. The first kappa shape index (κ1) is 10.8. The van der Waals surface area contributed by atoms with Gasteiger partial charge in [0.1, 0.15) is 0 Å². The van der Waals surface area contributed by atoms with Crippen molar-refractivity contribution in [1.29, 1.82) is 0 Å². The van der Waals surface area contributed by atoms with Crippen LogP contribution in [0.2, 0.25) is 0 Å². The number of rotatable bonds is 4. The van der Waals surface area contributed by atoms with Gasteiger partial charge < -0.3 is 10.3 Å². The molecule has 0 saturated heterocycles. The maximum atomic E-state index is 5.63. The van der Waals surface area contributed by atoms with Crippen LogP contribution in [0, 0.1) is 0 Å². The van der Waals surface area contributed by atoms with Crippen molar-refractivity contribution in [3.05, 3.63) is 30.4 Å². The van der Waals surface area contributed by atoms with E-state index in [1.165, 1.54) is 0 Å². The van der Waals surface area contributed by atoms with Crippen LogP contribution < -0.4 is 5.73 Å². The van der Waals surface area contributed by atoms with Crippen molar-refractivity contribution < 1.29 is 4.52 Å². The fraction of sp³-hybridized carbons (Fsp3) is 0.364. The van der Waals surface area contributed by atoms with E-state index < -0.39 is 0 Å². The number of nitrogens with zero attached hydrogens (tertiary/aromatic N) is 3. The molecule has 2 aromatic heterocycles. The fourth-order valence-electron chi connectivity index (χ4n) is 1.46. The molecule has 0 amide bonds. The van der Waals surface area contributed by atoms with Gasteiger partial charge >= 0.3 is 0 Å². The highest BCUT2D eigenvalue weighted by molar-refractivity contribution is 5.52. The van der Waals surface area contributed by atoms with Gasteiger partial charge in [-0.05, 0) is 18.6 Å². The summed E-state index contributed by atoms with van der Waals surface area (Å²) >= 11 is 0. The molecule has 0 aliphatic heterocycles. The zero-order chi connectivity index (χ0) is 11.4. The second-order valence-corrected chi connectivity index (χ2v) is 3.53. The summed E-state index contributed by atoms with van der Waals surface area (Å²) in [5, 5.41) is 3.93. The monoisotopic (exact) mass is 218 g/mol. The molecule has 16 heavy (non-hydrogen) atoms. The minimum Gasteiger partial charge on any atom is -0.339 e. The van der Waals surface area contributed by atoms with Crippen molar-refractivity contribution in [2.45, 2.75) is 19.3 Å². The molecule has 0 spiro atoms. The third-order valence-corrected chi connectivity index (χ3v) is 2.51. The molecule has 0 aliphatic rings. The molecule has 84 valence electrons. The van der Waals surface area contributed by atoms with Gasteiger partial charge in [0.15, 0.2) is 0 Å². The van der Waals surface area contributed by atoms with Gasteiger partial charge in [0.25, 0.3) is 0 Å². The second kappa shape index (κ2) is 4.85. The SMILES string of the molecule is CCC(CN)c1nc(-c2ccncc2)no1. The molecular formula is C11H14N4O. The van der Waals surface area contributed by atoms with Crippen molar-refractivity contribution in [3.8, 4) is 11.4 Å². The van der Waals surface area contributed by atoms with Gasteiger partial charge in [-0.1, -0.05) is 12.1 Å². The Morgan fingerprint density at radius 2 is 2.12 bits per heavy atom. The molecule has 2 rings (SSSR count). The van der Waals surface area contributed by atoms with Crippen LogP contribution in [0.15, 0.2) is 29.0 Å². The van der Waals surface area contributed by atoms with E-state index in [2.05, 4.69) is 15.1 Å². The normalized spacial score (nSPS) is 12.6. The summed E-state index contributed by atoms with van der Waals surface area (Å²) in [4.78, 5) is 8.28. The Balaban J connectivity index is 2.26. The Hall–Kier alpha value is -1.75. The summed E-state index contributed by atoms with van der Waals surface area (Å²) in [5.41, 5.74) is 6.53. The molecule has 5 heteroatoms.